The van der Waals surface area contributed by atoms with Crippen molar-refractivity contribution in [3.63, 3.8) is 0 Å². The van der Waals surface area contributed by atoms with Gasteiger partial charge in [-0.2, -0.15) is 0 Å². The summed E-state index contributed by atoms with van der Waals surface area (Å²) in [6.45, 7) is 3.48. The number of hydrogen-bond acceptors (Lipinski definition) is 4. The van der Waals surface area contributed by atoms with E-state index in [1.165, 1.54) is 23.5 Å². The Balaban J connectivity index is 1.51. The summed E-state index contributed by atoms with van der Waals surface area (Å²) in [6.07, 6.45) is 0. The van der Waals surface area contributed by atoms with E-state index in [4.69, 9.17) is 0 Å². The second kappa shape index (κ2) is 6.98. The Hall–Kier alpha value is -2.38. The molecule has 1 N–H and O–H groups in total. The van der Waals surface area contributed by atoms with Gasteiger partial charge in [0.05, 0.1) is 10.6 Å². The molecule has 1 amide bonds. The van der Waals surface area contributed by atoms with Crippen molar-refractivity contribution in [3.05, 3.63) is 60.2 Å². The van der Waals surface area contributed by atoms with Crippen molar-refractivity contribution in [2.24, 2.45) is 11.8 Å². The summed E-state index contributed by atoms with van der Waals surface area (Å²) in [7, 11) is -2.14. The molecule has 0 aromatic heterocycles. The van der Waals surface area contributed by atoms with Crippen LogP contribution in [0, 0.1) is 11.8 Å². The van der Waals surface area contributed by atoms with Gasteiger partial charge >= 0.3 is 0 Å². The molecule has 27 heavy (non-hydrogen) atoms. The summed E-state index contributed by atoms with van der Waals surface area (Å²) in [5, 5.41) is 3.36. The lowest BCUT2D eigenvalue weighted by atomic mass is 10.0. The fourth-order valence-electron chi connectivity index (χ4n) is 3.91. The molecule has 2 fully saturated rings. The maximum atomic E-state index is 12.8. The summed E-state index contributed by atoms with van der Waals surface area (Å²) in [5.74, 6) is 1.05. The molecule has 2 saturated heterocycles. The lowest BCUT2D eigenvalue weighted by Crippen LogP contribution is -2.32. The molecule has 2 aliphatic rings. The lowest BCUT2D eigenvalue weighted by molar-refractivity contribution is 0.0781. The van der Waals surface area contributed by atoms with Crippen molar-refractivity contribution < 1.29 is 13.2 Å². The number of carbonyl (C=O) groups is 1. The number of sulfonamides is 1. The molecular formula is C20H23N3O3S. The Morgan fingerprint density at radius 2 is 1.59 bits per heavy atom. The van der Waals surface area contributed by atoms with Gasteiger partial charge in [-0.05, 0) is 48.2 Å². The summed E-state index contributed by atoms with van der Waals surface area (Å²) in [4.78, 5) is 14.8. The van der Waals surface area contributed by atoms with Gasteiger partial charge in [0.1, 0.15) is 0 Å². The summed E-state index contributed by atoms with van der Waals surface area (Å²) in [5.41, 5.74) is 1.12. The summed E-state index contributed by atoms with van der Waals surface area (Å²) < 4.78 is 26.9. The monoisotopic (exact) mass is 385 g/mol. The van der Waals surface area contributed by atoms with Gasteiger partial charge < -0.3 is 10.2 Å². The Bertz CT molecular complexity index is 917. The Kier molecular flexibility index (Phi) is 4.65. The fraction of sp³-hybridized carbons (Fsp3) is 0.350. The summed E-state index contributed by atoms with van der Waals surface area (Å²) in [6, 6.07) is 15.2. The van der Waals surface area contributed by atoms with Crippen molar-refractivity contribution in [2.75, 3.05) is 37.5 Å². The molecule has 2 aliphatic heterocycles. The highest BCUT2D eigenvalue weighted by Gasteiger charge is 2.38. The van der Waals surface area contributed by atoms with Gasteiger partial charge in [-0.15, -0.1) is 0 Å². The van der Waals surface area contributed by atoms with Gasteiger partial charge in [-0.3, -0.25) is 9.10 Å². The van der Waals surface area contributed by atoms with Gasteiger partial charge in [-0.25, -0.2) is 8.42 Å². The van der Waals surface area contributed by atoms with E-state index in [-0.39, 0.29) is 10.8 Å². The third kappa shape index (κ3) is 3.33. The first-order valence-corrected chi connectivity index (χ1v) is 10.5. The molecule has 0 bridgehead atoms. The fourth-order valence-corrected chi connectivity index (χ4v) is 5.10. The van der Waals surface area contributed by atoms with E-state index in [0.717, 1.165) is 26.2 Å². The molecule has 0 radical (unpaired) electrons. The van der Waals surface area contributed by atoms with Gasteiger partial charge in [0, 0.05) is 38.8 Å². The third-order valence-electron chi connectivity index (χ3n) is 5.56. The number of hydrogen-bond donors (Lipinski definition) is 1. The van der Waals surface area contributed by atoms with Crippen LogP contribution < -0.4 is 9.62 Å². The zero-order valence-electron chi connectivity index (χ0n) is 15.2. The molecule has 4 rings (SSSR count). The lowest BCUT2D eigenvalue weighted by Gasteiger charge is -2.20. The van der Waals surface area contributed by atoms with Crippen molar-refractivity contribution in [1.29, 1.82) is 0 Å². The first-order valence-electron chi connectivity index (χ1n) is 9.11. The number of fused-ring (bicyclic) bond motifs is 1. The van der Waals surface area contributed by atoms with E-state index >= 15 is 0 Å². The normalized spacial score (nSPS) is 21.9. The minimum atomic E-state index is -3.67. The quantitative estimate of drug-likeness (QED) is 0.871. The van der Waals surface area contributed by atoms with E-state index in [1.807, 2.05) is 11.0 Å². The second-order valence-corrected chi connectivity index (χ2v) is 9.19. The van der Waals surface area contributed by atoms with Crippen molar-refractivity contribution in [1.82, 2.24) is 10.2 Å². The first kappa shape index (κ1) is 18.0. The number of rotatable bonds is 4. The number of likely N-dealkylation sites (tertiary alicyclic amines) is 1. The minimum absolute atomic E-state index is 0.0234. The van der Waals surface area contributed by atoms with Crippen molar-refractivity contribution in [2.45, 2.75) is 4.90 Å². The smallest absolute Gasteiger partial charge is 0.264 e. The molecule has 0 spiro atoms. The van der Waals surface area contributed by atoms with Crippen LogP contribution in [-0.2, 0) is 10.0 Å². The largest absolute Gasteiger partial charge is 0.338 e. The highest BCUT2D eigenvalue weighted by atomic mass is 32.2. The van der Waals surface area contributed by atoms with Crippen LogP contribution in [0.3, 0.4) is 0 Å². The van der Waals surface area contributed by atoms with Crippen molar-refractivity contribution >= 4 is 21.6 Å². The van der Waals surface area contributed by atoms with Crippen LogP contribution >= 0.6 is 0 Å². The number of carbonyl (C=O) groups excluding carboxylic acids is 1. The molecule has 2 heterocycles. The minimum Gasteiger partial charge on any atom is -0.338 e. The highest BCUT2D eigenvalue weighted by molar-refractivity contribution is 7.92. The molecule has 0 saturated carbocycles. The molecule has 2 aromatic rings. The molecule has 0 unspecified atom stereocenters. The number of anilines is 1. The molecule has 7 heteroatoms. The molecule has 2 aromatic carbocycles. The average molecular weight is 385 g/mol. The third-order valence-corrected chi connectivity index (χ3v) is 7.36. The number of nitrogens with one attached hydrogen (secondary N) is 1. The standard InChI is InChI=1S/C20H23N3O3S/c1-22(18-5-3-2-4-6-18)27(25,26)19-9-7-15(8-10-19)20(24)23-13-16-11-21-12-17(16)14-23/h2-10,16-17,21H,11-14H2,1H3/t16-,17+. The van der Waals surface area contributed by atoms with Crippen LogP contribution in [0.2, 0.25) is 0 Å². The predicted octanol–water partition coefficient (Wildman–Crippen LogP) is 1.80. The zero-order chi connectivity index (χ0) is 19.0. The molecule has 6 nitrogen and oxygen atoms in total. The van der Waals surface area contributed by atoms with Gasteiger partial charge in [0.15, 0.2) is 0 Å². The van der Waals surface area contributed by atoms with Gasteiger partial charge in [-0.1, -0.05) is 18.2 Å². The van der Waals surface area contributed by atoms with E-state index in [0.29, 0.717) is 23.1 Å². The second-order valence-electron chi connectivity index (χ2n) is 7.22. The van der Waals surface area contributed by atoms with Gasteiger partial charge in [0.25, 0.3) is 15.9 Å². The SMILES string of the molecule is CN(c1ccccc1)S(=O)(=O)c1ccc(C(=O)N2C[C@H]3CNC[C@H]3C2)cc1. The Labute approximate surface area is 159 Å². The molecule has 142 valence electrons. The first-order chi connectivity index (χ1) is 13.0. The van der Waals surface area contributed by atoms with Crippen molar-refractivity contribution in [3.8, 4) is 0 Å². The molecule has 0 aliphatic carbocycles. The van der Waals surface area contributed by atoms with E-state index in [1.54, 1.807) is 36.4 Å². The van der Waals surface area contributed by atoms with Crippen LogP contribution in [0.15, 0.2) is 59.5 Å². The maximum absolute atomic E-state index is 12.8. The van der Waals surface area contributed by atoms with E-state index < -0.39 is 10.0 Å². The van der Waals surface area contributed by atoms with Crippen LogP contribution in [0.4, 0.5) is 5.69 Å². The zero-order valence-corrected chi connectivity index (χ0v) is 16.0. The van der Waals surface area contributed by atoms with Crippen LogP contribution in [0.25, 0.3) is 0 Å². The maximum Gasteiger partial charge on any atom is 0.264 e. The van der Waals surface area contributed by atoms with Crippen LogP contribution in [0.1, 0.15) is 10.4 Å². The summed E-state index contributed by atoms with van der Waals surface area (Å²) >= 11 is 0. The Morgan fingerprint density at radius 3 is 2.19 bits per heavy atom. The number of amides is 1. The Morgan fingerprint density at radius 1 is 1.00 bits per heavy atom. The molecular weight excluding hydrogens is 362 g/mol. The topological polar surface area (TPSA) is 69.7 Å². The number of nitrogens with zero attached hydrogens (tertiary/aromatic N) is 2. The average Bonchev–Trinajstić information content (AvgIpc) is 3.30. The predicted molar refractivity (Wildman–Crippen MR) is 104 cm³/mol. The molecule has 2 atom stereocenters. The number of benzene rings is 2. The van der Waals surface area contributed by atoms with E-state index in [2.05, 4.69) is 5.32 Å². The van der Waals surface area contributed by atoms with Crippen LogP contribution in [0.5, 0.6) is 0 Å². The van der Waals surface area contributed by atoms with Gasteiger partial charge in [0.2, 0.25) is 0 Å². The highest BCUT2D eigenvalue weighted by Crippen LogP contribution is 2.28. The van der Waals surface area contributed by atoms with E-state index in [9.17, 15) is 13.2 Å². The number of para-hydroxylation sites is 1. The van der Waals surface area contributed by atoms with Crippen LogP contribution in [-0.4, -0.2) is 52.5 Å².